The van der Waals surface area contributed by atoms with Crippen LogP contribution in [0.3, 0.4) is 0 Å². The summed E-state index contributed by atoms with van der Waals surface area (Å²) in [6.45, 7) is 1.28. The van der Waals surface area contributed by atoms with Gasteiger partial charge in [-0.25, -0.2) is 15.0 Å². The van der Waals surface area contributed by atoms with Crippen molar-refractivity contribution < 1.29 is 10.2 Å². The van der Waals surface area contributed by atoms with E-state index in [9.17, 15) is 10.2 Å². The standard InChI is InChI=1S/C19H20IN5O2/c20-13-3-1-2-11(4-13)7-21-17-15-18(23-9-22-17)25(10-24-15)8-19-6-12(19)5-14(26)16(19)27/h1-4,9-10,12,14,16,26-27H,5-8H2,(H,21,22,23)/t12-,14-,16-,19-/m1/s1. The number of benzene rings is 1. The molecule has 0 saturated heterocycles. The molecule has 2 saturated carbocycles. The molecule has 2 fully saturated rings. The number of anilines is 1. The predicted molar refractivity (Wildman–Crippen MR) is 109 cm³/mol. The van der Waals surface area contributed by atoms with Crippen molar-refractivity contribution in [1.29, 1.82) is 0 Å². The van der Waals surface area contributed by atoms with Crippen molar-refractivity contribution in [2.45, 2.75) is 38.1 Å². The first-order valence-electron chi connectivity index (χ1n) is 9.07. The van der Waals surface area contributed by atoms with Gasteiger partial charge in [0.15, 0.2) is 11.5 Å². The van der Waals surface area contributed by atoms with E-state index in [1.165, 1.54) is 9.13 Å². The molecule has 8 heteroatoms. The minimum atomic E-state index is -0.667. The Morgan fingerprint density at radius 3 is 2.93 bits per heavy atom. The van der Waals surface area contributed by atoms with Crippen molar-refractivity contribution >= 4 is 39.6 Å². The number of rotatable bonds is 5. The normalized spacial score (nSPS) is 29.1. The van der Waals surface area contributed by atoms with E-state index in [2.05, 4.69) is 61.1 Å². The summed E-state index contributed by atoms with van der Waals surface area (Å²) < 4.78 is 3.18. The maximum Gasteiger partial charge on any atom is 0.165 e. The molecule has 7 nitrogen and oxygen atoms in total. The molecule has 2 aromatic heterocycles. The molecule has 0 bridgehead atoms. The zero-order chi connectivity index (χ0) is 18.6. The third-order valence-corrected chi connectivity index (χ3v) is 6.64. The Hall–Kier alpha value is -1.78. The predicted octanol–water partition coefficient (Wildman–Crippen LogP) is 2.17. The summed E-state index contributed by atoms with van der Waals surface area (Å²) in [5.74, 6) is 1.09. The van der Waals surface area contributed by atoms with E-state index in [1.54, 1.807) is 12.7 Å². The summed E-state index contributed by atoms with van der Waals surface area (Å²) in [7, 11) is 0. The number of aliphatic hydroxyl groups is 2. The molecule has 0 radical (unpaired) electrons. The summed E-state index contributed by atoms with van der Waals surface area (Å²) in [5.41, 5.74) is 2.43. The first kappa shape index (κ1) is 17.3. The van der Waals surface area contributed by atoms with E-state index in [0.717, 1.165) is 17.6 Å². The van der Waals surface area contributed by atoms with Crippen molar-refractivity contribution in [1.82, 2.24) is 19.5 Å². The highest BCUT2D eigenvalue weighted by Gasteiger charge is 2.66. The van der Waals surface area contributed by atoms with Crippen LogP contribution in [0, 0.1) is 14.9 Å². The Labute approximate surface area is 170 Å². The lowest BCUT2D eigenvalue weighted by atomic mass is 9.99. The smallest absolute Gasteiger partial charge is 0.165 e. The Morgan fingerprint density at radius 2 is 2.15 bits per heavy atom. The molecule has 0 unspecified atom stereocenters. The van der Waals surface area contributed by atoms with Crippen molar-refractivity contribution in [3.05, 3.63) is 46.1 Å². The van der Waals surface area contributed by atoms with Crippen LogP contribution in [-0.2, 0) is 13.1 Å². The molecule has 2 aliphatic carbocycles. The zero-order valence-electron chi connectivity index (χ0n) is 14.6. The zero-order valence-corrected chi connectivity index (χ0v) is 16.7. The monoisotopic (exact) mass is 477 g/mol. The van der Waals surface area contributed by atoms with Crippen LogP contribution in [0.25, 0.3) is 11.2 Å². The average Bonchev–Trinajstić information content (AvgIpc) is 3.09. The van der Waals surface area contributed by atoms with Gasteiger partial charge in [0.2, 0.25) is 0 Å². The molecule has 4 atom stereocenters. The second kappa shape index (κ2) is 6.39. The lowest BCUT2D eigenvalue weighted by molar-refractivity contribution is -0.00665. The molecule has 0 spiro atoms. The van der Waals surface area contributed by atoms with Crippen molar-refractivity contribution in [3.8, 4) is 0 Å². The van der Waals surface area contributed by atoms with E-state index in [0.29, 0.717) is 31.2 Å². The maximum absolute atomic E-state index is 10.4. The average molecular weight is 477 g/mol. The lowest BCUT2D eigenvalue weighted by Crippen LogP contribution is -2.32. The van der Waals surface area contributed by atoms with Gasteiger partial charge in [0.05, 0.1) is 18.5 Å². The quantitative estimate of drug-likeness (QED) is 0.488. The number of hydrogen-bond acceptors (Lipinski definition) is 6. The molecule has 3 aromatic rings. The van der Waals surface area contributed by atoms with Crippen LogP contribution < -0.4 is 5.32 Å². The highest BCUT2D eigenvalue weighted by molar-refractivity contribution is 14.1. The van der Waals surface area contributed by atoms with Crippen LogP contribution in [0.2, 0.25) is 0 Å². The summed E-state index contributed by atoms with van der Waals surface area (Å²) >= 11 is 2.30. The minimum absolute atomic E-state index is 0.230. The number of aromatic nitrogens is 4. The lowest BCUT2D eigenvalue weighted by Gasteiger charge is -2.21. The van der Waals surface area contributed by atoms with E-state index >= 15 is 0 Å². The summed E-state index contributed by atoms with van der Waals surface area (Å²) in [5, 5.41) is 23.7. The van der Waals surface area contributed by atoms with Crippen LogP contribution in [-0.4, -0.2) is 41.9 Å². The molecule has 27 heavy (non-hydrogen) atoms. The van der Waals surface area contributed by atoms with Gasteiger partial charge in [-0.1, -0.05) is 12.1 Å². The van der Waals surface area contributed by atoms with Gasteiger partial charge in [0.1, 0.15) is 11.8 Å². The topological polar surface area (TPSA) is 96.1 Å². The Balaban J connectivity index is 1.39. The first-order valence-corrected chi connectivity index (χ1v) is 10.1. The fourth-order valence-electron chi connectivity index (χ4n) is 4.45. The van der Waals surface area contributed by atoms with Gasteiger partial charge >= 0.3 is 0 Å². The fourth-order valence-corrected chi connectivity index (χ4v) is 5.05. The summed E-state index contributed by atoms with van der Waals surface area (Å²) in [6.07, 6.45) is 3.66. The number of hydrogen-bond donors (Lipinski definition) is 3. The third-order valence-electron chi connectivity index (χ3n) is 5.97. The molecule has 2 heterocycles. The van der Waals surface area contributed by atoms with Gasteiger partial charge < -0.3 is 20.1 Å². The summed E-state index contributed by atoms with van der Waals surface area (Å²) in [4.78, 5) is 13.3. The van der Waals surface area contributed by atoms with Crippen LogP contribution in [0.1, 0.15) is 18.4 Å². The maximum atomic E-state index is 10.4. The third kappa shape index (κ3) is 2.90. The SMILES string of the molecule is O[C@@H]1C[C@@H]2C[C@]2(Cn2cnc3c(NCc4cccc(I)c4)ncnc32)[C@@H]1O. The molecule has 0 amide bonds. The van der Waals surface area contributed by atoms with Crippen LogP contribution in [0.15, 0.2) is 36.9 Å². The molecular formula is C19H20IN5O2. The molecular weight excluding hydrogens is 457 g/mol. The second-order valence-corrected chi connectivity index (χ2v) is 8.88. The van der Waals surface area contributed by atoms with Gasteiger partial charge in [-0.2, -0.15) is 0 Å². The largest absolute Gasteiger partial charge is 0.390 e. The molecule has 5 rings (SSSR count). The fraction of sp³-hybridized carbons (Fsp3) is 0.421. The van der Waals surface area contributed by atoms with E-state index in [1.807, 2.05) is 10.6 Å². The molecule has 3 N–H and O–H groups in total. The molecule has 0 aliphatic heterocycles. The van der Waals surface area contributed by atoms with E-state index < -0.39 is 12.2 Å². The number of aliphatic hydroxyl groups excluding tert-OH is 2. The van der Waals surface area contributed by atoms with Gasteiger partial charge in [-0.3, -0.25) is 0 Å². The minimum Gasteiger partial charge on any atom is -0.390 e. The number of halogens is 1. The Bertz CT molecular complexity index is 1010. The highest BCUT2D eigenvalue weighted by Crippen LogP contribution is 2.64. The van der Waals surface area contributed by atoms with Crippen molar-refractivity contribution in [2.75, 3.05) is 5.32 Å². The Morgan fingerprint density at radius 1 is 1.26 bits per heavy atom. The number of nitrogens with one attached hydrogen (secondary N) is 1. The van der Waals surface area contributed by atoms with Crippen LogP contribution >= 0.6 is 22.6 Å². The summed E-state index contributed by atoms with van der Waals surface area (Å²) in [6, 6.07) is 8.30. The molecule has 140 valence electrons. The first-order chi connectivity index (χ1) is 13.1. The van der Waals surface area contributed by atoms with Crippen molar-refractivity contribution in [2.24, 2.45) is 11.3 Å². The second-order valence-electron chi connectivity index (χ2n) is 7.63. The van der Waals surface area contributed by atoms with Crippen LogP contribution in [0.4, 0.5) is 5.82 Å². The van der Waals surface area contributed by atoms with Crippen LogP contribution in [0.5, 0.6) is 0 Å². The molecule has 1 aromatic carbocycles. The van der Waals surface area contributed by atoms with Crippen molar-refractivity contribution in [3.63, 3.8) is 0 Å². The van der Waals surface area contributed by atoms with Gasteiger partial charge in [-0.05, 0) is 59.0 Å². The molecule has 2 aliphatic rings. The van der Waals surface area contributed by atoms with E-state index in [4.69, 9.17) is 0 Å². The van der Waals surface area contributed by atoms with Gasteiger partial charge in [0, 0.05) is 22.1 Å². The van der Waals surface area contributed by atoms with Gasteiger partial charge in [0.25, 0.3) is 0 Å². The number of fused-ring (bicyclic) bond motifs is 2. The number of imidazole rings is 1. The Kier molecular flexibility index (Phi) is 4.10. The highest BCUT2D eigenvalue weighted by atomic mass is 127. The van der Waals surface area contributed by atoms with E-state index in [-0.39, 0.29) is 5.41 Å². The number of nitrogens with zero attached hydrogens (tertiary/aromatic N) is 4. The van der Waals surface area contributed by atoms with Gasteiger partial charge in [-0.15, -0.1) is 0 Å².